The van der Waals surface area contributed by atoms with Crippen LogP contribution in [0, 0.1) is 0 Å². The molecule has 2 aromatic heterocycles. The first-order valence-corrected chi connectivity index (χ1v) is 9.70. The quantitative estimate of drug-likeness (QED) is 0.428. The number of ether oxygens (including phenoxy) is 1. The zero-order valence-electron chi connectivity index (χ0n) is 16.3. The van der Waals surface area contributed by atoms with E-state index in [-0.39, 0.29) is 18.2 Å². The van der Waals surface area contributed by atoms with Crippen LogP contribution in [-0.2, 0) is 9.59 Å². The number of hydrogen-bond acceptors (Lipinski definition) is 7. The summed E-state index contributed by atoms with van der Waals surface area (Å²) in [5.74, 6) is 0.673. The number of anilines is 3. The molecule has 1 aliphatic heterocycles. The lowest BCUT2D eigenvalue weighted by Gasteiger charge is -2.12. The van der Waals surface area contributed by atoms with Crippen molar-refractivity contribution >= 4 is 40.7 Å². The smallest absolute Gasteiger partial charge is 0.254 e. The Kier molecular flexibility index (Phi) is 4.35. The number of aromatic nitrogens is 3. The number of hydrogen-bond donors (Lipinski definition) is 3. The van der Waals surface area contributed by atoms with Crippen LogP contribution in [0.3, 0.4) is 0 Å². The molecule has 0 radical (unpaired) electrons. The molecule has 9 nitrogen and oxygen atoms in total. The van der Waals surface area contributed by atoms with Crippen molar-refractivity contribution in [3.8, 4) is 5.75 Å². The summed E-state index contributed by atoms with van der Waals surface area (Å²) in [5, 5.41) is 13.7. The summed E-state index contributed by atoms with van der Waals surface area (Å²) in [4.78, 5) is 27.9. The summed E-state index contributed by atoms with van der Waals surface area (Å²) < 4.78 is 6.96. The highest BCUT2D eigenvalue weighted by molar-refractivity contribution is 6.15. The Balaban J connectivity index is 1.56. The first-order chi connectivity index (χ1) is 14.6. The number of nitrogens with zero attached hydrogens (tertiary/aromatic N) is 3. The molecule has 1 aromatic carbocycles. The molecule has 1 saturated carbocycles. The summed E-state index contributed by atoms with van der Waals surface area (Å²) in [7, 11) is 1.62. The number of methoxy groups -OCH3 is 1. The van der Waals surface area contributed by atoms with E-state index in [0.29, 0.717) is 28.8 Å². The molecule has 3 N–H and O–H groups in total. The fraction of sp³-hybridized carbons (Fsp3) is 0.238. The molecule has 30 heavy (non-hydrogen) atoms. The molecule has 0 bridgehead atoms. The van der Waals surface area contributed by atoms with E-state index in [1.165, 1.54) is 0 Å². The Morgan fingerprint density at radius 1 is 1.27 bits per heavy atom. The Labute approximate surface area is 172 Å². The molecule has 1 saturated heterocycles. The summed E-state index contributed by atoms with van der Waals surface area (Å²) in [6.45, 7) is 0. The lowest BCUT2D eigenvalue weighted by Crippen LogP contribution is -2.19. The Hall–Kier alpha value is -3.88. The van der Waals surface area contributed by atoms with E-state index in [1.807, 2.05) is 30.3 Å². The average Bonchev–Trinajstić information content (AvgIpc) is 3.37. The predicted molar refractivity (Wildman–Crippen MR) is 112 cm³/mol. The van der Waals surface area contributed by atoms with E-state index in [2.05, 4.69) is 26.0 Å². The van der Waals surface area contributed by atoms with Crippen molar-refractivity contribution in [1.29, 1.82) is 0 Å². The number of imide groups is 1. The van der Waals surface area contributed by atoms with Crippen molar-refractivity contribution in [3.05, 3.63) is 47.8 Å². The second-order valence-corrected chi connectivity index (χ2v) is 7.36. The van der Waals surface area contributed by atoms with Crippen molar-refractivity contribution in [2.24, 2.45) is 0 Å². The highest BCUT2D eigenvalue weighted by Crippen LogP contribution is 2.30. The maximum atomic E-state index is 11.9. The number of benzene rings is 1. The van der Waals surface area contributed by atoms with E-state index in [0.717, 1.165) is 30.0 Å². The monoisotopic (exact) mass is 404 g/mol. The summed E-state index contributed by atoms with van der Waals surface area (Å²) in [5.41, 5.74) is 3.37. The maximum absolute atomic E-state index is 11.9. The van der Waals surface area contributed by atoms with Crippen LogP contribution in [0.25, 0.3) is 11.7 Å². The molecular formula is C21H20N6O3. The second kappa shape index (κ2) is 7.18. The van der Waals surface area contributed by atoms with E-state index >= 15 is 0 Å². The van der Waals surface area contributed by atoms with E-state index in [1.54, 1.807) is 23.9 Å². The maximum Gasteiger partial charge on any atom is 0.254 e. The van der Waals surface area contributed by atoms with Crippen molar-refractivity contribution in [2.45, 2.75) is 25.3 Å². The standard InChI is InChI=1S/C21H20N6O3/c1-30-16-4-2-3-14(9-16)24-18-10-17(23-13-5-6-13)20-22-11-15(27(20)26-18)7-12-8-19(28)25-21(12)29/h2-4,7,9-11,13,23H,5-6,8H2,1H3,(H,24,26)(H,25,28,29)/b12-7+. The summed E-state index contributed by atoms with van der Waals surface area (Å²) in [6.07, 6.45) is 5.60. The molecule has 2 amide bonds. The number of fused-ring (bicyclic) bond motifs is 1. The van der Waals surface area contributed by atoms with Gasteiger partial charge in [-0.15, -0.1) is 5.10 Å². The van der Waals surface area contributed by atoms with Crippen molar-refractivity contribution in [2.75, 3.05) is 17.7 Å². The van der Waals surface area contributed by atoms with Gasteiger partial charge in [-0.1, -0.05) is 6.07 Å². The van der Waals surface area contributed by atoms with E-state index in [9.17, 15) is 9.59 Å². The van der Waals surface area contributed by atoms with Crippen LogP contribution in [-0.4, -0.2) is 39.6 Å². The van der Waals surface area contributed by atoms with Gasteiger partial charge in [-0.2, -0.15) is 0 Å². The van der Waals surface area contributed by atoms with Gasteiger partial charge in [-0.25, -0.2) is 9.50 Å². The third kappa shape index (κ3) is 3.57. The zero-order valence-corrected chi connectivity index (χ0v) is 16.3. The molecule has 3 aromatic rings. The van der Waals surface area contributed by atoms with Crippen LogP contribution in [0.1, 0.15) is 25.0 Å². The molecule has 152 valence electrons. The molecule has 0 unspecified atom stereocenters. The lowest BCUT2D eigenvalue weighted by molar-refractivity contribution is -0.124. The molecule has 9 heteroatoms. The van der Waals surface area contributed by atoms with Gasteiger partial charge in [0.2, 0.25) is 5.91 Å². The molecule has 3 heterocycles. The van der Waals surface area contributed by atoms with Crippen molar-refractivity contribution in [1.82, 2.24) is 19.9 Å². The Morgan fingerprint density at radius 2 is 2.13 bits per heavy atom. The van der Waals surface area contributed by atoms with Crippen LogP contribution in [0.15, 0.2) is 42.1 Å². The van der Waals surface area contributed by atoms with Crippen molar-refractivity contribution < 1.29 is 14.3 Å². The number of imidazole rings is 1. The van der Waals surface area contributed by atoms with Crippen molar-refractivity contribution in [3.63, 3.8) is 0 Å². The van der Waals surface area contributed by atoms with Crippen LogP contribution < -0.4 is 20.7 Å². The van der Waals surface area contributed by atoms with Gasteiger partial charge in [0.15, 0.2) is 11.5 Å². The second-order valence-electron chi connectivity index (χ2n) is 7.36. The van der Waals surface area contributed by atoms with Crippen LogP contribution in [0.4, 0.5) is 17.2 Å². The number of carbonyl (C=O) groups is 2. The van der Waals surface area contributed by atoms with Gasteiger partial charge < -0.3 is 15.4 Å². The lowest BCUT2D eigenvalue weighted by atomic mass is 10.2. The minimum atomic E-state index is -0.378. The molecule has 5 rings (SSSR count). The van der Waals surface area contributed by atoms with Gasteiger partial charge in [0.1, 0.15) is 5.75 Å². The Morgan fingerprint density at radius 3 is 2.87 bits per heavy atom. The van der Waals surface area contributed by atoms with Crippen LogP contribution >= 0.6 is 0 Å². The summed E-state index contributed by atoms with van der Waals surface area (Å²) >= 11 is 0. The number of rotatable bonds is 6. The third-order valence-corrected chi connectivity index (χ3v) is 4.99. The normalized spacial score (nSPS) is 17.4. The SMILES string of the molecule is COc1cccc(Nc2cc(NC3CC3)c3ncc(/C=C4\CC(=O)NC4=O)n3n2)c1. The molecule has 0 spiro atoms. The fourth-order valence-electron chi connectivity index (χ4n) is 3.35. The van der Waals surface area contributed by atoms with Gasteiger partial charge >= 0.3 is 0 Å². The number of amides is 2. The predicted octanol–water partition coefficient (Wildman–Crippen LogP) is 2.49. The van der Waals surface area contributed by atoms with Gasteiger partial charge in [0.05, 0.1) is 31.1 Å². The minimum absolute atomic E-state index is 0.0565. The summed E-state index contributed by atoms with van der Waals surface area (Å²) in [6, 6.07) is 9.92. The molecule has 0 atom stereocenters. The zero-order chi connectivity index (χ0) is 20.7. The topological polar surface area (TPSA) is 110 Å². The first kappa shape index (κ1) is 18.2. The number of carbonyl (C=O) groups excluding carboxylic acids is 2. The van der Waals surface area contributed by atoms with Crippen LogP contribution in [0.5, 0.6) is 5.75 Å². The molecular weight excluding hydrogens is 384 g/mol. The Bertz CT molecular complexity index is 1190. The van der Waals surface area contributed by atoms with E-state index < -0.39 is 0 Å². The largest absolute Gasteiger partial charge is 0.497 e. The third-order valence-electron chi connectivity index (χ3n) is 4.99. The molecule has 2 aliphatic rings. The highest BCUT2D eigenvalue weighted by Gasteiger charge is 2.25. The first-order valence-electron chi connectivity index (χ1n) is 9.70. The highest BCUT2D eigenvalue weighted by atomic mass is 16.5. The number of nitrogens with one attached hydrogen (secondary N) is 3. The van der Waals surface area contributed by atoms with Gasteiger partial charge in [0, 0.05) is 29.4 Å². The van der Waals surface area contributed by atoms with Gasteiger partial charge in [-0.05, 0) is 31.1 Å². The fourth-order valence-corrected chi connectivity index (χ4v) is 3.35. The van der Waals surface area contributed by atoms with Gasteiger partial charge in [0.25, 0.3) is 5.91 Å². The van der Waals surface area contributed by atoms with E-state index in [4.69, 9.17) is 4.74 Å². The molecule has 2 fully saturated rings. The minimum Gasteiger partial charge on any atom is -0.497 e. The van der Waals surface area contributed by atoms with Crippen LogP contribution in [0.2, 0.25) is 0 Å². The average molecular weight is 404 g/mol. The molecule has 1 aliphatic carbocycles. The van der Waals surface area contributed by atoms with Gasteiger partial charge in [-0.3, -0.25) is 14.9 Å².